The number of thiophene rings is 1. The predicted octanol–water partition coefficient (Wildman–Crippen LogP) is 1.24. The Morgan fingerprint density at radius 1 is 1.23 bits per heavy atom. The Morgan fingerprint density at radius 2 is 2.00 bits per heavy atom. The van der Waals surface area contributed by atoms with Gasteiger partial charge in [0.25, 0.3) is 5.91 Å². The van der Waals surface area contributed by atoms with Gasteiger partial charge in [0.05, 0.1) is 4.90 Å². The van der Waals surface area contributed by atoms with E-state index >= 15 is 0 Å². The highest BCUT2D eigenvalue weighted by molar-refractivity contribution is 7.89. The molecule has 0 spiro atoms. The molecule has 1 aromatic carbocycles. The van der Waals surface area contributed by atoms with Gasteiger partial charge in [-0.15, -0.1) is 11.3 Å². The first-order valence-corrected chi connectivity index (χ1v) is 10.5. The van der Waals surface area contributed by atoms with Crippen LogP contribution in [0.4, 0.5) is 0 Å². The van der Waals surface area contributed by atoms with Crippen molar-refractivity contribution in [3.05, 3.63) is 52.2 Å². The zero-order valence-corrected chi connectivity index (χ0v) is 15.5. The Hall–Kier alpha value is -2.23. The van der Waals surface area contributed by atoms with Crippen molar-refractivity contribution in [2.45, 2.75) is 30.3 Å². The number of rotatable bonds is 6. The van der Waals surface area contributed by atoms with Crippen LogP contribution in [-0.2, 0) is 21.4 Å². The van der Waals surface area contributed by atoms with E-state index in [2.05, 4.69) is 15.4 Å². The summed E-state index contributed by atoms with van der Waals surface area (Å²) in [6.45, 7) is 0.843. The zero-order valence-electron chi connectivity index (χ0n) is 13.9. The van der Waals surface area contributed by atoms with Crippen LogP contribution in [0.3, 0.4) is 0 Å². The third-order valence-electron chi connectivity index (χ3n) is 4.03. The topological polar surface area (TPSA) is 104 Å². The lowest BCUT2D eigenvalue weighted by Gasteiger charge is -2.22. The van der Waals surface area contributed by atoms with Gasteiger partial charge in [0.1, 0.15) is 6.04 Å². The van der Waals surface area contributed by atoms with Gasteiger partial charge in [-0.2, -0.15) is 0 Å². The molecule has 3 N–H and O–H groups in total. The first-order chi connectivity index (χ1) is 12.5. The number of amides is 2. The van der Waals surface area contributed by atoms with Crippen LogP contribution >= 0.6 is 11.3 Å². The Kier molecular flexibility index (Phi) is 5.70. The normalized spacial score (nSPS) is 17.5. The lowest BCUT2D eigenvalue weighted by atomic mass is 10.1. The van der Waals surface area contributed by atoms with Crippen LogP contribution in [0, 0.1) is 0 Å². The maximum atomic E-state index is 12.3. The van der Waals surface area contributed by atoms with E-state index in [1.807, 2.05) is 17.5 Å². The molecule has 7 nitrogen and oxygen atoms in total. The number of sulfonamides is 1. The number of benzene rings is 1. The highest BCUT2D eigenvalue weighted by Crippen LogP contribution is 2.14. The van der Waals surface area contributed by atoms with Crippen LogP contribution in [-0.4, -0.2) is 32.8 Å². The van der Waals surface area contributed by atoms with Gasteiger partial charge < -0.3 is 10.6 Å². The number of hydrogen-bond donors (Lipinski definition) is 3. The van der Waals surface area contributed by atoms with Crippen LogP contribution < -0.4 is 15.4 Å². The number of carbonyl (C=O) groups excluding carboxylic acids is 2. The summed E-state index contributed by atoms with van der Waals surface area (Å²) in [4.78, 5) is 24.9. The summed E-state index contributed by atoms with van der Waals surface area (Å²) < 4.78 is 27.1. The molecule has 1 aliphatic heterocycles. The van der Waals surface area contributed by atoms with Gasteiger partial charge in [-0.1, -0.05) is 6.07 Å². The molecule has 2 heterocycles. The molecule has 1 saturated heterocycles. The largest absolute Gasteiger partial charge is 0.354 e. The molecular formula is C17H19N3O4S2. The average molecular weight is 393 g/mol. The second-order valence-corrected chi connectivity index (χ2v) is 8.69. The minimum Gasteiger partial charge on any atom is -0.354 e. The number of nitrogens with one attached hydrogen (secondary N) is 3. The van der Waals surface area contributed by atoms with E-state index in [4.69, 9.17) is 0 Å². The zero-order chi connectivity index (χ0) is 18.6. The van der Waals surface area contributed by atoms with Crippen molar-refractivity contribution in [1.82, 2.24) is 15.4 Å². The average Bonchev–Trinajstić information content (AvgIpc) is 3.16. The summed E-state index contributed by atoms with van der Waals surface area (Å²) in [5.41, 5.74) is 0.306. The first kappa shape index (κ1) is 18.6. The fraction of sp³-hybridized carbons (Fsp3) is 0.294. The molecule has 3 rings (SSSR count). The molecule has 0 saturated carbocycles. The molecule has 1 unspecified atom stereocenters. The van der Waals surface area contributed by atoms with Gasteiger partial charge in [0.2, 0.25) is 15.9 Å². The van der Waals surface area contributed by atoms with E-state index in [0.717, 1.165) is 11.3 Å². The Labute approximate surface area is 155 Å². The molecular weight excluding hydrogens is 374 g/mol. The molecule has 1 fully saturated rings. The van der Waals surface area contributed by atoms with Crippen LogP contribution in [0.15, 0.2) is 46.7 Å². The molecule has 0 bridgehead atoms. The minimum absolute atomic E-state index is 0.0843. The maximum Gasteiger partial charge on any atom is 0.251 e. The van der Waals surface area contributed by atoms with Crippen LogP contribution in [0.2, 0.25) is 0 Å². The van der Waals surface area contributed by atoms with Crippen molar-refractivity contribution in [2.75, 3.05) is 6.54 Å². The predicted molar refractivity (Wildman–Crippen MR) is 98.3 cm³/mol. The second-order valence-electron chi connectivity index (χ2n) is 5.89. The maximum absolute atomic E-state index is 12.3. The van der Waals surface area contributed by atoms with Crippen LogP contribution in [0.25, 0.3) is 0 Å². The Morgan fingerprint density at radius 3 is 2.65 bits per heavy atom. The van der Waals surface area contributed by atoms with Gasteiger partial charge in [0.15, 0.2) is 0 Å². The van der Waals surface area contributed by atoms with Crippen molar-refractivity contribution in [3.8, 4) is 0 Å². The molecule has 2 amide bonds. The SMILES string of the molecule is O=C(NC1CCCNC1=O)c1ccc(S(=O)(=O)NCc2cccs2)cc1. The second kappa shape index (κ2) is 7.98. The third-order valence-corrected chi connectivity index (χ3v) is 6.33. The molecule has 0 aliphatic carbocycles. The molecule has 0 radical (unpaired) electrons. The van der Waals surface area contributed by atoms with Gasteiger partial charge in [-0.3, -0.25) is 9.59 Å². The standard InChI is InChI=1S/C17H19N3O4S2/c21-16(20-15-4-1-9-18-17(15)22)12-5-7-14(8-6-12)26(23,24)19-11-13-3-2-10-25-13/h2-3,5-8,10,15,19H,1,4,9,11H2,(H,18,22)(H,20,21). The monoisotopic (exact) mass is 393 g/mol. The van der Waals surface area contributed by atoms with Crippen molar-refractivity contribution in [2.24, 2.45) is 0 Å². The van der Waals surface area contributed by atoms with E-state index in [-0.39, 0.29) is 17.3 Å². The molecule has 1 aliphatic rings. The number of piperidine rings is 1. The highest BCUT2D eigenvalue weighted by Gasteiger charge is 2.24. The van der Waals surface area contributed by atoms with Gasteiger partial charge in [-0.25, -0.2) is 13.1 Å². The smallest absolute Gasteiger partial charge is 0.251 e. The lowest BCUT2D eigenvalue weighted by molar-refractivity contribution is -0.124. The lowest BCUT2D eigenvalue weighted by Crippen LogP contribution is -2.50. The Bertz CT molecular complexity index is 877. The van der Waals surface area contributed by atoms with Gasteiger partial charge >= 0.3 is 0 Å². The van der Waals surface area contributed by atoms with Crippen molar-refractivity contribution in [3.63, 3.8) is 0 Å². The van der Waals surface area contributed by atoms with E-state index < -0.39 is 22.0 Å². The Balaban J connectivity index is 1.63. The number of hydrogen-bond acceptors (Lipinski definition) is 5. The summed E-state index contributed by atoms with van der Waals surface area (Å²) in [7, 11) is -3.65. The quantitative estimate of drug-likeness (QED) is 0.687. The molecule has 9 heteroatoms. The van der Waals surface area contributed by atoms with Crippen molar-refractivity contribution < 1.29 is 18.0 Å². The summed E-state index contributed by atoms with van der Waals surface area (Å²) in [6.07, 6.45) is 1.40. The molecule has 138 valence electrons. The summed E-state index contributed by atoms with van der Waals surface area (Å²) in [5.74, 6) is -0.593. The third kappa shape index (κ3) is 4.48. The van der Waals surface area contributed by atoms with E-state index in [1.165, 1.54) is 35.6 Å². The van der Waals surface area contributed by atoms with E-state index in [0.29, 0.717) is 18.5 Å². The summed E-state index contributed by atoms with van der Waals surface area (Å²) in [6, 6.07) is 8.80. The van der Waals surface area contributed by atoms with Crippen molar-refractivity contribution in [1.29, 1.82) is 0 Å². The fourth-order valence-corrected chi connectivity index (χ4v) is 4.34. The molecule has 26 heavy (non-hydrogen) atoms. The summed E-state index contributed by atoms with van der Waals surface area (Å²) >= 11 is 1.47. The van der Waals surface area contributed by atoms with Gasteiger partial charge in [-0.05, 0) is 48.6 Å². The molecule has 2 aromatic rings. The van der Waals surface area contributed by atoms with Crippen LogP contribution in [0.5, 0.6) is 0 Å². The minimum atomic E-state index is -3.65. The van der Waals surface area contributed by atoms with Gasteiger partial charge in [0, 0.05) is 23.5 Å². The highest BCUT2D eigenvalue weighted by atomic mass is 32.2. The van der Waals surface area contributed by atoms with E-state index in [1.54, 1.807) is 0 Å². The molecule has 1 aromatic heterocycles. The number of carbonyl (C=O) groups is 2. The van der Waals surface area contributed by atoms with E-state index in [9.17, 15) is 18.0 Å². The van der Waals surface area contributed by atoms with Crippen LogP contribution in [0.1, 0.15) is 28.1 Å². The van der Waals surface area contributed by atoms with Crippen molar-refractivity contribution >= 4 is 33.2 Å². The summed E-state index contributed by atoms with van der Waals surface area (Å²) in [5, 5.41) is 7.25. The first-order valence-electron chi connectivity index (χ1n) is 8.16. The molecule has 1 atom stereocenters. The fourth-order valence-electron chi connectivity index (χ4n) is 2.60.